The van der Waals surface area contributed by atoms with Crippen molar-refractivity contribution in [1.29, 1.82) is 0 Å². The van der Waals surface area contributed by atoms with E-state index in [0.717, 1.165) is 17.0 Å². The van der Waals surface area contributed by atoms with Crippen LogP contribution >= 0.6 is 23.2 Å². The standard InChI is InChI=1S/C16H17Cl2NO2/c1-16(10-20,14-9-11(17)3-8-15(14)18)19-12-4-6-13(21-2)7-5-12/h3-9,19-20H,10H2,1-2H3. The van der Waals surface area contributed by atoms with E-state index in [2.05, 4.69) is 5.32 Å². The number of anilines is 1. The van der Waals surface area contributed by atoms with Gasteiger partial charge in [-0.25, -0.2) is 0 Å². The van der Waals surface area contributed by atoms with Crippen molar-refractivity contribution < 1.29 is 9.84 Å². The molecule has 0 spiro atoms. The van der Waals surface area contributed by atoms with E-state index in [1.54, 1.807) is 25.3 Å². The summed E-state index contributed by atoms with van der Waals surface area (Å²) in [5.41, 5.74) is 0.856. The quantitative estimate of drug-likeness (QED) is 0.860. The van der Waals surface area contributed by atoms with Gasteiger partial charge in [0.15, 0.2) is 0 Å². The second-order valence-electron chi connectivity index (χ2n) is 4.97. The highest BCUT2D eigenvalue weighted by Crippen LogP contribution is 2.33. The van der Waals surface area contributed by atoms with Crippen LogP contribution < -0.4 is 10.1 Å². The Hall–Kier alpha value is -1.42. The number of aliphatic hydroxyl groups excluding tert-OH is 1. The van der Waals surface area contributed by atoms with Crippen LogP contribution in [0, 0.1) is 0 Å². The van der Waals surface area contributed by atoms with Gasteiger partial charge in [-0.1, -0.05) is 23.2 Å². The van der Waals surface area contributed by atoms with Crippen LogP contribution in [0.3, 0.4) is 0 Å². The van der Waals surface area contributed by atoms with Crippen molar-refractivity contribution in [1.82, 2.24) is 0 Å². The zero-order valence-electron chi connectivity index (χ0n) is 11.9. The molecule has 0 aliphatic rings. The van der Waals surface area contributed by atoms with Gasteiger partial charge < -0.3 is 15.2 Å². The van der Waals surface area contributed by atoms with Gasteiger partial charge in [0.2, 0.25) is 0 Å². The van der Waals surface area contributed by atoms with Crippen LogP contribution in [-0.2, 0) is 5.54 Å². The third-order valence-corrected chi connectivity index (χ3v) is 3.91. The lowest BCUT2D eigenvalue weighted by Crippen LogP contribution is -2.36. The van der Waals surface area contributed by atoms with Crippen molar-refractivity contribution >= 4 is 28.9 Å². The Morgan fingerprint density at radius 1 is 1.14 bits per heavy atom. The molecule has 2 rings (SSSR count). The summed E-state index contributed by atoms with van der Waals surface area (Å²) in [6.45, 7) is 1.74. The van der Waals surface area contributed by atoms with Gasteiger partial charge in [-0.3, -0.25) is 0 Å². The Kier molecular flexibility index (Phi) is 4.99. The molecule has 0 radical (unpaired) electrons. The summed E-state index contributed by atoms with van der Waals surface area (Å²) in [5.74, 6) is 0.770. The number of benzene rings is 2. The summed E-state index contributed by atoms with van der Waals surface area (Å²) in [6, 6.07) is 12.7. The number of ether oxygens (including phenoxy) is 1. The van der Waals surface area contributed by atoms with Crippen molar-refractivity contribution in [3.8, 4) is 5.75 Å². The van der Waals surface area contributed by atoms with Crippen molar-refractivity contribution in [3.63, 3.8) is 0 Å². The van der Waals surface area contributed by atoms with Gasteiger partial charge in [-0.15, -0.1) is 0 Å². The molecular formula is C16H17Cl2NO2. The maximum absolute atomic E-state index is 9.83. The summed E-state index contributed by atoms with van der Waals surface area (Å²) in [5, 5.41) is 14.2. The summed E-state index contributed by atoms with van der Waals surface area (Å²) < 4.78 is 5.13. The van der Waals surface area contributed by atoms with Crippen LogP contribution in [0.15, 0.2) is 42.5 Å². The lowest BCUT2D eigenvalue weighted by Gasteiger charge is -2.31. The van der Waals surface area contributed by atoms with E-state index in [4.69, 9.17) is 27.9 Å². The normalized spacial score (nSPS) is 13.6. The van der Waals surface area contributed by atoms with Crippen LogP contribution in [0.4, 0.5) is 5.69 Å². The zero-order valence-corrected chi connectivity index (χ0v) is 13.4. The van der Waals surface area contributed by atoms with Gasteiger partial charge in [0, 0.05) is 15.7 Å². The first-order valence-electron chi connectivity index (χ1n) is 6.47. The number of hydrogen-bond donors (Lipinski definition) is 2. The number of rotatable bonds is 5. The molecule has 1 unspecified atom stereocenters. The molecule has 2 aromatic rings. The second kappa shape index (κ2) is 6.56. The van der Waals surface area contributed by atoms with E-state index >= 15 is 0 Å². The summed E-state index contributed by atoms with van der Waals surface area (Å²) in [4.78, 5) is 0. The predicted octanol–water partition coefficient (Wildman–Crippen LogP) is 4.32. The maximum Gasteiger partial charge on any atom is 0.119 e. The molecule has 2 N–H and O–H groups in total. The highest BCUT2D eigenvalue weighted by molar-refractivity contribution is 6.33. The number of aliphatic hydroxyl groups is 1. The van der Waals surface area contributed by atoms with E-state index in [-0.39, 0.29) is 6.61 Å². The number of nitrogens with one attached hydrogen (secondary N) is 1. The topological polar surface area (TPSA) is 41.5 Å². The molecule has 0 aliphatic heterocycles. The molecule has 21 heavy (non-hydrogen) atoms. The molecular weight excluding hydrogens is 309 g/mol. The van der Waals surface area contributed by atoms with Crippen LogP contribution in [0.1, 0.15) is 12.5 Å². The minimum atomic E-state index is -0.740. The molecule has 0 fully saturated rings. The predicted molar refractivity (Wildman–Crippen MR) is 87.5 cm³/mol. The van der Waals surface area contributed by atoms with Crippen LogP contribution in [0.5, 0.6) is 5.75 Å². The Balaban J connectivity index is 2.33. The second-order valence-corrected chi connectivity index (χ2v) is 5.81. The Morgan fingerprint density at radius 3 is 2.38 bits per heavy atom. The summed E-state index contributed by atoms with van der Waals surface area (Å²) in [6.07, 6.45) is 0. The van der Waals surface area contributed by atoms with Gasteiger partial charge in [0.05, 0.1) is 19.3 Å². The molecule has 0 saturated heterocycles. The molecule has 0 amide bonds. The number of hydrogen-bond acceptors (Lipinski definition) is 3. The van der Waals surface area contributed by atoms with Crippen molar-refractivity contribution in [2.24, 2.45) is 0 Å². The Bertz CT molecular complexity index is 616. The molecule has 3 nitrogen and oxygen atoms in total. The molecule has 1 atom stereocenters. The lowest BCUT2D eigenvalue weighted by atomic mass is 9.92. The van der Waals surface area contributed by atoms with E-state index in [0.29, 0.717) is 10.0 Å². The molecule has 0 saturated carbocycles. The third-order valence-electron chi connectivity index (χ3n) is 3.35. The SMILES string of the molecule is COc1ccc(NC(C)(CO)c2cc(Cl)ccc2Cl)cc1. The molecule has 0 aromatic heterocycles. The average molecular weight is 326 g/mol. The first-order valence-corrected chi connectivity index (χ1v) is 7.23. The smallest absolute Gasteiger partial charge is 0.119 e. The van der Waals surface area contributed by atoms with Gasteiger partial charge in [-0.2, -0.15) is 0 Å². The fourth-order valence-corrected chi connectivity index (χ4v) is 2.60. The van der Waals surface area contributed by atoms with E-state index in [1.165, 1.54) is 0 Å². The molecule has 112 valence electrons. The van der Waals surface area contributed by atoms with Crippen LogP contribution in [-0.4, -0.2) is 18.8 Å². The van der Waals surface area contributed by atoms with E-state index < -0.39 is 5.54 Å². The molecule has 0 bridgehead atoms. The monoisotopic (exact) mass is 325 g/mol. The average Bonchev–Trinajstić information content (AvgIpc) is 2.50. The van der Waals surface area contributed by atoms with E-state index in [9.17, 15) is 5.11 Å². The van der Waals surface area contributed by atoms with Gasteiger partial charge in [-0.05, 0) is 55.0 Å². The first-order chi connectivity index (χ1) is 9.98. The minimum absolute atomic E-state index is 0.126. The summed E-state index contributed by atoms with van der Waals surface area (Å²) >= 11 is 12.3. The van der Waals surface area contributed by atoms with Gasteiger partial charge in [0.1, 0.15) is 5.75 Å². The molecule has 5 heteroatoms. The molecule has 2 aromatic carbocycles. The molecule has 0 heterocycles. The summed E-state index contributed by atoms with van der Waals surface area (Å²) in [7, 11) is 1.62. The van der Waals surface area contributed by atoms with Crippen molar-refractivity contribution in [2.45, 2.75) is 12.5 Å². The largest absolute Gasteiger partial charge is 0.497 e. The number of halogens is 2. The zero-order chi connectivity index (χ0) is 15.5. The first kappa shape index (κ1) is 16.0. The fourth-order valence-electron chi connectivity index (χ4n) is 2.11. The van der Waals surface area contributed by atoms with Gasteiger partial charge in [0.25, 0.3) is 0 Å². The Labute approximate surface area is 134 Å². The lowest BCUT2D eigenvalue weighted by molar-refractivity contribution is 0.224. The van der Waals surface area contributed by atoms with Gasteiger partial charge >= 0.3 is 0 Å². The van der Waals surface area contributed by atoms with Crippen molar-refractivity contribution in [3.05, 3.63) is 58.1 Å². The van der Waals surface area contributed by atoms with E-state index in [1.807, 2.05) is 31.2 Å². The highest BCUT2D eigenvalue weighted by atomic mass is 35.5. The molecule has 0 aliphatic carbocycles. The minimum Gasteiger partial charge on any atom is -0.497 e. The van der Waals surface area contributed by atoms with Crippen LogP contribution in [0.25, 0.3) is 0 Å². The number of methoxy groups -OCH3 is 1. The fraction of sp³-hybridized carbons (Fsp3) is 0.250. The van der Waals surface area contributed by atoms with Crippen molar-refractivity contribution in [2.75, 3.05) is 19.0 Å². The Morgan fingerprint density at radius 2 is 1.81 bits per heavy atom. The maximum atomic E-state index is 9.83. The third kappa shape index (κ3) is 3.62. The van der Waals surface area contributed by atoms with Crippen LogP contribution in [0.2, 0.25) is 10.0 Å². The highest BCUT2D eigenvalue weighted by Gasteiger charge is 2.28.